The smallest absolute Gasteiger partial charge is 0.000556 e. The van der Waals surface area contributed by atoms with E-state index in [0.717, 1.165) is 0 Å². The highest BCUT2D eigenvalue weighted by atomic mass is 14.5. The van der Waals surface area contributed by atoms with Gasteiger partial charge in [-0.1, -0.05) is 234 Å². The zero-order valence-corrected chi connectivity index (χ0v) is 42.2. The summed E-state index contributed by atoms with van der Waals surface area (Å²) >= 11 is 0. The molecule has 0 saturated carbocycles. The Kier molecular flexibility index (Phi) is 10.0. The van der Waals surface area contributed by atoms with E-state index in [1.54, 1.807) is 0 Å². The molecule has 0 nitrogen and oxygen atoms in total. The maximum Gasteiger partial charge on any atom is -0.000556 e. The van der Waals surface area contributed by atoms with Gasteiger partial charge < -0.3 is 0 Å². The zero-order chi connectivity index (χ0) is 49.7. The van der Waals surface area contributed by atoms with E-state index in [1.807, 2.05) is 0 Å². The molecule has 74 heavy (non-hydrogen) atoms. The van der Waals surface area contributed by atoms with Crippen LogP contribution in [0.4, 0.5) is 0 Å². The molecule has 14 rings (SSSR count). The predicted molar refractivity (Wildman–Crippen MR) is 315 cm³/mol. The largest absolute Gasteiger partial charge is 0.0622 e. The van der Waals surface area contributed by atoms with Gasteiger partial charge in [0.1, 0.15) is 0 Å². The van der Waals surface area contributed by atoms with Crippen molar-refractivity contribution in [2.45, 2.75) is 38.5 Å². The molecule has 0 spiro atoms. The van der Waals surface area contributed by atoms with Crippen molar-refractivity contribution in [1.29, 1.82) is 0 Å². The minimum absolute atomic E-state index is 0.0734. The van der Waals surface area contributed by atoms with Crippen LogP contribution in [0.25, 0.3) is 133 Å². The first-order valence-electron chi connectivity index (χ1n) is 26.2. The maximum absolute atomic E-state index is 2.55. The predicted octanol–water partition coefficient (Wildman–Crippen LogP) is 20.5. The molecule has 12 aromatic carbocycles. The van der Waals surface area contributed by atoms with Crippen molar-refractivity contribution in [2.75, 3.05) is 0 Å². The fourth-order valence-electron chi connectivity index (χ4n) is 12.7. The molecule has 0 atom stereocenters. The summed E-state index contributed by atoms with van der Waals surface area (Å²) in [6.45, 7) is 9.81. The van der Waals surface area contributed by atoms with Crippen LogP contribution in [0.2, 0.25) is 0 Å². The third-order valence-electron chi connectivity index (χ3n) is 17.1. The molecule has 0 N–H and O–H groups in total. The first kappa shape index (κ1) is 43.9. The van der Waals surface area contributed by atoms with Crippen LogP contribution in [0.5, 0.6) is 0 Å². The van der Waals surface area contributed by atoms with Gasteiger partial charge in [0, 0.05) is 0 Å². The van der Waals surface area contributed by atoms with Crippen LogP contribution in [0.3, 0.4) is 0 Å². The van der Waals surface area contributed by atoms with Crippen molar-refractivity contribution in [2.24, 2.45) is 0 Å². The van der Waals surface area contributed by atoms with E-state index < -0.39 is 0 Å². The third kappa shape index (κ3) is 6.75. The number of hydrogen-bond donors (Lipinski definition) is 0. The van der Waals surface area contributed by atoms with Crippen molar-refractivity contribution < 1.29 is 0 Å². The molecule has 0 amide bonds. The highest BCUT2D eigenvalue weighted by Gasteiger charge is 2.48. The maximum atomic E-state index is 2.55. The lowest BCUT2D eigenvalue weighted by Gasteiger charge is -2.37. The molecular formula is C74H54. The lowest BCUT2D eigenvalue weighted by atomic mass is 9.66. The number of fused-ring (bicyclic) bond motifs is 4. The fraction of sp³-hybridized carbons (Fsp3) is 0.0811. The van der Waals surface area contributed by atoms with Crippen molar-refractivity contribution in [3.8, 4) is 111 Å². The Morgan fingerprint density at radius 2 is 0.473 bits per heavy atom. The molecule has 0 heterocycles. The average Bonchev–Trinajstić information content (AvgIpc) is 3.87. The Bertz CT molecular complexity index is 3780. The van der Waals surface area contributed by atoms with Crippen LogP contribution in [0.1, 0.15) is 38.8 Å². The summed E-state index contributed by atoms with van der Waals surface area (Å²) in [5.41, 5.74) is 27.2. The lowest BCUT2D eigenvalue weighted by Crippen LogP contribution is -2.35. The first-order valence-corrected chi connectivity index (χ1v) is 26.2. The van der Waals surface area contributed by atoms with Crippen LogP contribution in [0, 0.1) is 0 Å². The average molecular weight is 943 g/mol. The van der Waals surface area contributed by atoms with Gasteiger partial charge in [0.05, 0.1) is 0 Å². The van der Waals surface area contributed by atoms with Crippen LogP contribution in [-0.2, 0) is 10.8 Å². The lowest BCUT2D eigenvalue weighted by molar-refractivity contribution is 0.322. The second-order valence-corrected chi connectivity index (χ2v) is 21.6. The van der Waals surface area contributed by atoms with Crippen molar-refractivity contribution >= 4 is 21.5 Å². The van der Waals surface area contributed by atoms with Gasteiger partial charge in [0.2, 0.25) is 0 Å². The second-order valence-electron chi connectivity index (χ2n) is 21.6. The molecule has 0 saturated heterocycles. The summed E-state index contributed by atoms with van der Waals surface area (Å²) in [7, 11) is 0. The summed E-state index contributed by atoms with van der Waals surface area (Å²) in [6, 6.07) is 95.5. The zero-order valence-electron chi connectivity index (χ0n) is 42.2. The van der Waals surface area contributed by atoms with Crippen LogP contribution in [0.15, 0.2) is 255 Å². The number of benzene rings is 12. The van der Waals surface area contributed by atoms with Gasteiger partial charge in [-0.3, -0.25) is 0 Å². The molecular weight excluding hydrogens is 889 g/mol. The fourth-order valence-corrected chi connectivity index (χ4v) is 12.7. The van der Waals surface area contributed by atoms with Crippen molar-refractivity contribution in [3.63, 3.8) is 0 Å². The number of hydrogen-bond acceptors (Lipinski definition) is 0. The van der Waals surface area contributed by atoms with Gasteiger partial charge in [-0.15, -0.1) is 0 Å². The molecule has 12 aromatic rings. The van der Waals surface area contributed by atoms with Crippen LogP contribution < -0.4 is 0 Å². The van der Waals surface area contributed by atoms with E-state index in [4.69, 9.17) is 0 Å². The molecule has 350 valence electrons. The van der Waals surface area contributed by atoms with E-state index in [9.17, 15) is 0 Å². The summed E-state index contributed by atoms with van der Waals surface area (Å²) in [4.78, 5) is 0. The summed E-state index contributed by atoms with van der Waals surface area (Å²) in [5.74, 6) is 0. The molecule has 2 aliphatic carbocycles. The van der Waals surface area contributed by atoms with Gasteiger partial charge in [-0.25, -0.2) is 0 Å². The molecule has 0 fully saturated rings. The summed E-state index contributed by atoms with van der Waals surface area (Å²) in [6.07, 6.45) is 0. The SMILES string of the molecule is CC1(C)c2ccc3c4c(ccc(c24)C1(C)C)-c1c-3c(-c2cc(-c3ccccc3)cc(-c3ccccc3)c2)c2cc(-c3ccccc3)c(-c3ccccc3)cc2c1-c1cc(-c2ccccc2)cc(-c2ccccc2)c1. The minimum Gasteiger partial charge on any atom is -0.0622 e. The first-order chi connectivity index (χ1) is 36.2. The Hall–Kier alpha value is -8.84. The Labute approximate surface area is 434 Å². The normalized spacial score (nSPS) is 13.6. The topological polar surface area (TPSA) is 0 Å². The van der Waals surface area contributed by atoms with Gasteiger partial charge in [0.25, 0.3) is 0 Å². The standard InChI is InChI=1S/C74H54/c1-73(2)65-37-35-59-69-60(36-38-66(72(65)69)74(73,3)4)71-68(58-43-55(49-27-15-7-16-28-49)40-56(44-58)50-29-17-8-18-30-50)64-46-62(52-33-21-10-22-34-52)61(51-31-19-9-20-32-51)45-63(64)67(70(59)71)57-41-53(47-23-11-5-12-24-47)39-54(42-57)48-25-13-6-14-26-48/h5-46H,1-4H3. The third-order valence-corrected chi connectivity index (χ3v) is 17.1. The summed E-state index contributed by atoms with van der Waals surface area (Å²) < 4.78 is 0. The Morgan fingerprint density at radius 1 is 0.203 bits per heavy atom. The molecule has 0 unspecified atom stereocenters. The molecule has 0 aliphatic heterocycles. The van der Waals surface area contributed by atoms with E-state index in [0.29, 0.717) is 0 Å². The minimum atomic E-state index is -0.0734. The molecule has 0 radical (unpaired) electrons. The monoisotopic (exact) mass is 942 g/mol. The molecule has 2 aliphatic rings. The van der Waals surface area contributed by atoms with Crippen LogP contribution >= 0.6 is 0 Å². The van der Waals surface area contributed by atoms with Gasteiger partial charge in [-0.2, -0.15) is 0 Å². The van der Waals surface area contributed by atoms with Gasteiger partial charge >= 0.3 is 0 Å². The van der Waals surface area contributed by atoms with Crippen LogP contribution in [-0.4, -0.2) is 0 Å². The van der Waals surface area contributed by atoms with Crippen molar-refractivity contribution in [3.05, 3.63) is 266 Å². The summed E-state index contributed by atoms with van der Waals surface area (Å²) in [5, 5.41) is 5.26. The van der Waals surface area contributed by atoms with Gasteiger partial charge in [0.15, 0.2) is 0 Å². The quantitative estimate of drug-likeness (QED) is 0.142. The number of rotatable bonds is 8. The Morgan fingerprint density at radius 3 is 0.770 bits per heavy atom. The van der Waals surface area contributed by atoms with E-state index in [1.165, 1.54) is 144 Å². The highest BCUT2D eigenvalue weighted by Crippen LogP contribution is 2.64. The molecule has 0 bridgehead atoms. The molecule has 0 aromatic heterocycles. The highest BCUT2D eigenvalue weighted by molar-refractivity contribution is 6.29. The Balaban J connectivity index is 1.22. The van der Waals surface area contributed by atoms with E-state index >= 15 is 0 Å². The van der Waals surface area contributed by atoms with Crippen molar-refractivity contribution in [1.82, 2.24) is 0 Å². The second kappa shape index (κ2) is 16.9. The molecule has 0 heteroatoms. The van der Waals surface area contributed by atoms with E-state index in [2.05, 4.69) is 282 Å². The van der Waals surface area contributed by atoms with E-state index in [-0.39, 0.29) is 10.8 Å². The van der Waals surface area contributed by atoms with Gasteiger partial charge in [-0.05, 0) is 203 Å².